The van der Waals surface area contributed by atoms with Gasteiger partial charge in [0.1, 0.15) is 11.4 Å². The Balaban J connectivity index is 3.12. The van der Waals surface area contributed by atoms with Gasteiger partial charge in [0.25, 0.3) is 0 Å². The van der Waals surface area contributed by atoms with Crippen molar-refractivity contribution in [3.63, 3.8) is 0 Å². The van der Waals surface area contributed by atoms with Crippen molar-refractivity contribution < 1.29 is 14.3 Å². The zero-order valence-electron chi connectivity index (χ0n) is 14.2. The molecular formula is C18H22FNO3. The van der Waals surface area contributed by atoms with Gasteiger partial charge in [0, 0.05) is 18.1 Å². The van der Waals surface area contributed by atoms with E-state index in [9.17, 15) is 19.1 Å². The van der Waals surface area contributed by atoms with Crippen molar-refractivity contribution in [2.75, 3.05) is 0 Å². The van der Waals surface area contributed by atoms with E-state index in [1.165, 1.54) is 12.3 Å². The molecule has 0 unspecified atom stereocenters. The number of pyridine rings is 1. The minimum absolute atomic E-state index is 0.133. The van der Waals surface area contributed by atoms with E-state index >= 15 is 0 Å². The molecule has 0 radical (unpaired) electrons. The maximum Gasteiger partial charge on any atom is 0.341 e. The van der Waals surface area contributed by atoms with Gasteiger partial charge in [0.2, 0.25) is 5.43 Å². The predicted octanol–water partition coefficient (Wildman–Crippen LogP) is 3.72. The highest BCUT2D eigenvalue weighted by Gasteiger charge is 2.26. The third-order valence-corrected chi connectivity index (χ3v) is 4.09. The van der Waals surface area contributed by atoms with Crippen LogP contribution in [-0.4, -0.2) is 15.6 Å². The Morgan fingerprint density at radius 3 is 2.35 bits per heavy atom. The summed E-state index contributed by atoms with van der Waals surface area (Å²) < 4.78 is 16.4. The molecule has 0 amide bonds. The summed E-state index contributed by atoms with van der Waals surface area (Å²) in [6, 6.07) is 1.19. The third kappa shape index (κ3) is 2.76. The summed E-state index contributed by atoms with van der Waals surface area (Å²) >= 11 is 0. The van der Waals surface area contributed by atoms with Gasteiger partial charge in [-0.15, -0.1) is 0 Å². The molecule has 0 aliphatic rings. The first-order valence-electron chi connectivity index (χ1n) is 7.75. The number of hydrogen-bond acceptors (Lipinski definition) is 2. The van der Waals surface area contributed by atoms with Gasteiger partial charge < -0.3 is 9.67 Å². The quantitative estimate of drug-likeness (QED) is 0.938. The molecule has 0 saturated carbocycles. The average Bonchev–Trinajstić information content (AvgIpc) is 2.45. The molecule has 124 valence electrons. The molecule has 0 aliphatic carbocycles. The fraction of sp³-hybridized carbons (Fsp3) is 0.444. The number of aromatic nitrogens is 1. The molecule has 1 N–H and O–H groups in total. The van der Waals surface area contributed by atoms with Gasteiger partial charge in [0.05, 0.1) is 5.52 Å². The van der Waals surface area contributed by atoms with Crippen molar-refractivity contribution in [3.05, 3.63) is 45.0 Å². The highest BCUT2D eigenvalue weighted by Crippen LogP contribution is 2.33. The number of carboxylic acids is 1. The summed E-state index contributed by atoms with van der Waals surface area (Å²) in [7, 11) is 0. The van der Waals surface area contributed by atoms with Crippen LogP contribution in [0.4, 0.5) is 4.39 Å². The fourth-order valence-corrected chi connectivity index (χ4v) is 3.17. The minimum atomic E-state index is -1.29. The van der Waals surface area contributed by atoms with Gasteiger partial charge in [-0.25, -0.2) is 9.18 Å². The minimum Gasteiger partial charge on any atom is -0.477 e. The summed E-state index contributed by atoms with van der Waals surface area (Å²) in [6.07, 6.45) is 1.92. The normalized spacial score (nSPS) is 11.9. The van der Waals surface area contributed by atoms with E-state index in [4.69, 9.17) is 0 Å². The number of aryl methyl sites for hydroxylation is 2. The van der Waals surface area contributed by atoms with Crippen molar-refractivity contribution in [2.45, 2.75) is 53.0 Å². The first kappa shape index (κ1) is 17.2. The first-order chi connectivity index (χ1) is 10.6. The molecule has 23 heavy (non-hydrogen) atoms. The second-order valence-electron chi connectivity index (χ2n) is 6.67. The lowest BCUT2D eigenvalue weighted by Crippen LogP contribution is -2.23. The molecule has 0 saturated heterocycles. The zero-order chi connectivity index (χ0) is 17.5. The molecule has 1 heterocycles. The Bertz CT molecular complexity index is 844. The van der Waals surface area contributed by atoms with E-state index in [0.29, 0.717) is 24.0 Å². The highest BCUT2D eigenvalue weighted by atomic mass is 19.1. The van der Waals surface area contributed by atoms with Crippen LogP contribution in [0.15, 0.2) is 17.1 Å². The fourth-order valence-electron chi connectivity index (χ4n) is 3.17. The van der Waals surface area contributed by atoms with Crippen LogP contribution in [0.2, 0.25) is 0 Å². The Morgan fingerprint density at radius 1 is 1.30 bits per heavy atom. The Kier molecular flexibility index (Phi) is 4.33. The van der Waals surface area contributed by atoms with Gasteiger partial charge in [-0.1, -0.05) is 27.7 Å². The lowest BCUT2D eigenvalue weighted by Gasteiger charge is -2.26. The number of aromatic carboxylic acids is 1. The third-order valence-electron chi connectivity index (χ3n) is 4.09. The van der Waals surface area contributed by atoms with Gasteiger partial charge in [0.15, 0.2) is 0 Å². The Labute approximate surface area is 134 Å². The van der Waals surface area contributed by atoms with E-state index in [-0.39, 0.29) is 10.9 Å². The maximum atomic E-state index is 14.7. The second-order valence-corrected chi connectivity index (χ2v) is 6.67. The summed E-state index contributed by atoms with van der Waals surface area (Å²) in [5.74, 6) is -1.75. The number of fused-ring (bicyclic) bond motifs is 1. The monoisotopic (exact) mass is 319 g/mol. The highest BCUT2D eigenvalue weighted by molar-refractivity contribution is 5.94. The average molecular weight is 319 g/mol. The van der Waals surface area contributed by atoms with Crippen LogP contribution in [0.1, 0.15) is 56.1 Å². The number of carbonyl (C=O) groups is 1. The predicted molar refractivity (Wildman–Crippen MR) is 88.9 cm³/mol. The number of halogens is 1. The number of rotatable bonds is 3. The number of hydrogen-bond donors (Lipinski definition) is 1. The summed E-state index contributed by atoms with van der Waals surface area (Å²) in [4.78, 5) is 23.8. The molecule has 0 atom stereocenters. The van der Waals surface area contributed by atoms with Crippen LogP contribution in [0.3, 0.4) is 0 Å². The summed E-state index contributed by atoms with van der Waals surface area (Å²) in [5, 5.41) is 9.35. The van der Waals surface area contributed by atoms with Crippen molar-refractivity contribution in [1.82, 2.24) is 4.57 Å². The van der Waals surface area contributed by atoms with E-state index in [1.807, 2.05) is 34.6 Å². The van der Waals surface area contributed by atoms with Crippen molar-refractivity contribution >= 4 is 16.9 Å². The molecule has 4 nitrogen and oxygen atoms in total. The number of nitrogens with zero attached hydrogens (tertiary/aromatic N) is 1. The second kappa shape index (κ2) is 5.80. The molecule has 2 rings (SSSR count). The maximum absolute atomic E-state index is 14.7. The molecular weight excluding hydrogens is 297 g/mol. The molecule has 1 aromatic carbocycles. The van der Waals surface area contributed by atoms with Crippen LogP contribution in [0.5, 0.6) is 0 Å². The van der Waals surface area contributed by atoms with Crippen LogP contribution in [-0.2, 0) is 18.4 Å². The molecule has 0 bridgehead atoms. The standard InChI is InChI=1S/C18H22FNO3/c1-6-10-14(18(3,4)5)13(19)8-11-15(10)20(7-2)9-12(16(11)21)17(22)23/h8-9H,6-7H2,1-5H3,(H,22,23). The summed E-state index contributed by atoms with van der Waals surface area (Å²) in [5.41, 5.74) is 0.608. The van der Waals surface area contributed by atoms with Crippen LogP contribution < -0.4 is 5.43 Å². The SMILES string of the molecule is CCc1c(C(C)(C)C)c(F)cc2c(=O)c(C(=O)O)cn(CC)c12. The smallest absolute Gasteiger partial charge is 0.341 e. The molecule has 5 heteroatoms. The molecule has 1 aromatic heterocycles. The molecule has 0 fully saturated rings. The Morgan fingerprint density at radius 2 is 1.91 bits per heavy atom. The molecule has 0 aliphatic heterocycles. The molecule has 0 spiro atoms. The van der Waals surface area contributed by atoms with E-state index in [0.717, 1.165) is 5.56 Å². The van der Waals surface area contributed by atoms with E-state index < -0.39 is 22.6 Å². The zero-order valence-corrected chi connectivity index (χ0v) is 14.2. The van der Waals surface area contributed by atoms with Crippen LogP contribution in [0, 0.1) is 5.82 Å². The summed E-state index contributed by atoms with van der Waals surface area (Å²) in [6.45, 7) is 10.1. The van der Waals surface area contributed by atoms with Gasteiger partial charge >= 0.3 is 5.97 Å². The van der Waals surface area contributed by atoms with E-state index in [1.54, 1.807) is 4.57 Å². The van der Waals surface area contributed by atoms with Crippen molar-refractivity contribution in [3.8, 4) is 0 Å². The lowest BCUT2D eigenvalue weighted by molar-refractivity contribution is 0.0695. The number of carboxylic acid groups (broad SMARTS) is 1. The van der Waals surface area contributed by atoms with Crippen molar-refractivity contribution in [1.29, 1.82) is 0 Å². The topological polar surface area (TPSA) is 59.3 Å². The van der Waals surface area contributed by atoms with E-state index in [2.05, 4.69) is 0 Å². The van der Waals surface area contributed by atoms with Gasteiger partial charge in [-0.05, 0) is 36.0 Å². The van der Waals surface area contributed by atoms with Crippen LogP contribution in [0.25, 0.3) is 10.9 Å². The molecule has 2 aromatic rings. The van der Waals surface area contributed by atoms with Gasteiger partial charge in [-0.3, -0.25) is 4.79 Å². The van der Waals surface area contributed by atoms with Crippen LogP contribution >= 0.6 is 0 Å². The lowest BCUT2D eigenvalue weighted by atomic mass is 9.81. The van der Waals surface area contributed by atoms with Gasteiger partial charge in [-0.2, -0.15) is 0 Å². The largest absolute Gasteiger partial charge is 0.477 e. The first-order valence-corrected chi connectivity index (χ1v) is 7.75. The van der Waals surface area contributed by atoms with Crippen molar-refractivity contribution in [2.24, 2.45) is 0 Å². The number of benzene rings is 1. The Hall–Kier alpha value is -2.17.